The molecule has 2 aromatic carbocycles. The Labute approximate surface area is 170 Å². The number of thiazole rings is 1. The molecule has 0 amide bonds. The van der Waals surface area contributed by atoms with Gasteiger partial charge in [0.25, 0.3) is 0 Å². The molecule has 2 N–H and O–H groups in total. The number of fused-ring (bicyclic) bond motifs is 1. The average Bonchev–Trinajstić information content (AvgIpc) is 3.16. The summed E-state index contributed by atoms with van der Waals surface area (Å²) in [6.45, 7) is 3.52. The van der Waals surface area contributed by atoms with Gasteiger partial charge in [0.05, 0.1) is 23.4 Å². The third-order valence-electron chi connectivity index (χ3n) is 5.40. The monoisotopic (exact) mass is 397 g/mol. The molecule has 6 heteroatoms. The van der Waals surface area contributed by atoms with Gasteiger partial charge in [0, 0.05) is 19.1 Å². The average molecular weight is 398 g/mol. The Bertz CT molecular complexity index is 855. The molecule has 1 aromatic heterocycles. The Kier molecular flexibility index (Phi) is 6.22. The van der Waals surface area contributed by atoms with Gasteiger partial charge in [0.15, 0.2) is 0 Å². The first-order valence-corrected chi connectivity index (χ1v) is 10.6. The predicted octanol–water partition coefficient (Wildman–Crippen LogP) is 3.59. The molecule has 148 valence electrons. The standard InChI is InChI=1S/C22H27N3O2S/c1-27-18-8-6-16(7-9-18)20(26)15-25-12-10-17(11-13-25)23-14-22-24-19-4-2-3-5-21(19)28-22/h2-9,17,20,23,26H,10-15H2,1H3. The largest absolute Gasteiger partial charge is 0.497 e. The number of β-amino-alcohol motifs (C(OH)–C–C–N with tert-alkyl or cyclic N) is 1. The molecular weight excluding hydrogens is 370 g/mol. The van der Waals surface area contributed by atoms with E-state index in [9.17, 15) is 5.11 Å². The number of benzene rings is 2. The molecule has 4 rings (SSSR count). The summed E-state index contributed by atoms with van der Waals surface area (Å²) < 4.78 is 6.43. The van der Waals surface area contributed by atoms with Crippen molar-refractivity contribution in [1.29, 1.82) is 0 Å². The molecule has 1 aliphatic heterocycles. The number of aliphatic hydroxyl groups excluding tert-OH is 1. The maximum absolute atomic E-state index is 10.5. The minimum atomic E-state index is -0.460. The van der Waals surface area contributed by atoms with Gasteiger partial charge in [-0.2, -0.15) is 0 Å². The van der Waals surface area contributed by atoms with Crippen LogP contribution in [0.1, 0.15) is 29.5 Å². The van der Waals surface area contributed by atoms with E-state index in [0.717, 1.165) is 54.3 Å². The fourth-order valence-electron chi connectivity index (χ4n) is 3.72. The van der Waals surface area contributed by atoms with Crippen LogP contribution in [-0.2, 0) is 6.54 Å². The van der Waals surface area contributed by atoms with Crippen molar-refractivity contribution in [2.75, 3.05) is 26.7 Å². The number of rotatable bonds is 7. The summed E-state index contributed by atoms with van der Waals surface area (Å²) in [4.78, 5) is 7.05. The van der Waals surface area contributed by atoms with Crippen molar-refractivity contribution in [3.05, 3.63) is 59.1 Å². The van der Waals surface area contributed by atoms with Crippen LogP contribution in [-0.4, -0.2) is 47.8 Å². The second kappa shape index (κ2) is 9.01. The van der Waals surface area contributed by atoms with E-state index in [2.05, 4.69) is 28.4 Å². The summed E-state index contributed by atoms with van der Waals surface area (Å²) in [6, 6.07) is 16.5. The van der Waals surface area contributed by atoms with E-state index in [1.165, 1.54) is 4.70 Å². The summed E-state index contributed by atoms with van der Waals surface area (Å²) >= 11 is 1.77. The maximum atomic E-state index is 10.5. The minimum absolute atomic E-state index is 0.460. The first kappa shape index (κ1) is 19.3. The zero-order valence-corrected chi connectivity index (χ0v) is 17.0. The minimum Gasteiger partial charge on any atom is -0.497 e. The fourth-order valence-corrected chi connectivity index (χ4v) is 4.64. The van der Waals surface area contributed by atoms with E-state index in [1.807, 2.05) is 30.3 Å². The first-order valence-electron chi connectivity index (χ1n) is 9.83. The highest BCUT2D eigenvalue weighted by Crippen LogP contribution is 2.23. The lowest BCUT2D eigenvalue weighted by Crippen LogP contribution is -2.43. The van der Waals surface area contributed by atoms with Gasteiger partial charge < -0.3 is 20.1 Å². The van der Waals surface area contributed by atoms with Gasteiger partial charge in [-0.15, -0.1) is 11.3 Å². The number of ether oxygens (including phenoxy) is 1. The zero-order valence-electron chi connectivity index (χ0n) is 16.2. The third-order valence-corrected chi connectivity index (χ3v) is 6.44. The molecular formula is C22H27N3O2S. The van der Waals surface area contributed by atoms with Gasteiger partial charge in [-0.25, -0.2) is 4.98 Å². The van der Waals surface area contributed by atoms with Crippen LogP contribution in [0.25, 0.3) is 10.2 Å². The number of nitrogens with one attached hydrogen (secondary N) is 1. The van der Waals surface area contributed by atoms with Gasteiger partial charge in [0.2, 0.25) is 0 Å². The summed E-state index contributed by atoms with van der Waals surface area (Å²) in [5.74, 6) is 0.816. The van der Waals surface area contributed by atoms with Crippen LogP contribution >= 0.6 is 11.3 Å². The SMILES string of the molecule is COc1ccc(C(O)CN2CCC(NCc3nc4ccccc4s3)CC2)cc1. The maximum Gasteiger partial charge on any atom is 0.118 e. The lowest BCUT2D eigenvalue weighted by Gasteiger charge is -2.33. The summed E-state index contributed by atoms with van der Waals surface area (Å²) in [5, 5.41) is 15.3. The smallest absolute Gasteiger partial charge is 0.118 e. The molecule has 1 atom stereocenters. The Hall–Kier alpha value is -1.99. The quantitative estimate of drug-likeness (QED) is 0.638. The highest BCUT2D eigenvalue weighted by Gasteiger charge is 2.21. The van der Waals surface area contributed by atoms with E-state index in [4.69, 9.17) is 9.72 Å². The van der Waals surface area contributed by atoms with E-state index in [-0.39, 0.29) is 0 Å². The number of methoxy groups -OCH3 is 1. The van der Waals surface area contributed by atoms with Gasteiger partial charge >= 0.3 is 0 Å². The normalized spacial score (nSPS) is 17.1. The number of aliphatic hydroxyl groups is 1. The Morgan fingerprint density at radius 3 is 2.64 bits per heavy atom. The molecule has 0 spiro atoms. The Balaban J connectivity index is 1.22. The molecule has 0 radical (unpaired) electrons. The predicted molar refractivity (Wildman–Crippen MR) is 114 cm³/mol. The van der Waals surface area contributed by atoms with Crippen molar-refractivity contribution in [3.8, 4) is 5.75 Å². The number of hydrogen-bond acceptors (Lipinski definition) is 6. The van der Waals surface area contributed by atoms with Crippen LogP contribution in [0, 0.1) is 0 Å². The van der Waals surface area contributed by atoms with E-state index < -0.39 is 6.10 Å². The van der Waals surface area contributed by atoms with Gasteiger partial charge in [-0.05, 0) is 55.8 Å². The summed E-state index contributed by atoms with van der Waals surface area (Å²) in [6.07, 6.45) is 1.73. The lowest BCUT2D eigenvalue weighted by atomic mass is 10.0. The van der Waals surface area contributed by atoms with Crippen LogP contribution in [0.5, 0.6) is 5.75 Å². The number of hydrogen-bond donors (Lipinski definition) is 2. The summed E-state index contributed by atoms with van der Waals surface area (Å²) in [5.41, 5.74) is 2.03. The fraction of sp³-hybridized carbons (Fsp3) is 0.409. The number of aromatic nitrogens is 1. The molecule has 5 nitrogen and oxygen atoms in total. The van der Waals surface area contributed by atoms with Crippen molar-refractivity contribution in [3.63, 3.8) is 0 Å². The van der Waals surface area contributed by atoms with Crippen LogP contribution in [0.3, 0.4) is 0 Å². The van der Waals surface area contributed by atoms with E-state index >= 15 is 0 Å². The highest BCUT2D eigenvalue weighted by atomic mass is 32.1. The lowest BCUT2D eigenvalue weighted by molar-refractivity contribution is 0.0940. The van der Waals surface area contributed by atoms with Crippen LogP contribution in [0.15, 0.2) is 48.5 Å². The van der Waals surface area contributed by atoms with Crippen LogP contribution in [0.4, 0.5) is 0 Å². The third kappa shape index (κ3) is 4.70. The molecule has 3 aromatic rings. The van der Waals surface area contributed by atoms with Crippen LogP contribution < -0.4 is 10.1 Å². The first-order chi connectivity index (χ1) is 13.7. The van der Waals surface area contributed by atoms with Crippen molar-refractivity contribution in [2.24, 2.45) is 0 Å². The molecule has 28 heavy (non-hydrogen) atoms. The molecule has 0 bridgehead atoms. The molecule has 1 fully saturated rings. The van der Waals surface area contributed by atoms with Crippen LogP contribution in [0.2, 0.25) is 0 Å². The number of piperidine rings is 1. The van der Waals surface area contributed by atoms with Crippen molar-refractivity contribution in [2.45, 2.75) is 31.5 Å². The molecule has 0 saturated carbocycles. The topological polar surface area (TPSA) is 57.6 Å². The zero-order chi connectivity index (χ0) is 19.3. The van der Waals surface area contributed by atoms with Crippen molar-refractivity contribution in [1.82, 2.24) is 15.2 Å². The van der Waals surface area contributed by atoms with Gasteiger partial charge in [0.1, 0.15) is 10.8 Å². The van der Waals surface area contributed by atoms with Crippen molar-refractivity contribution < 1.29 is 9.84 Å². The second-order valence-electron chi connectivity index (χ2n) is 7.32. The van der Waals surface area contributed by atoms with Crippen molar-refractivity contribution >= 4 is 21.6 Å². The second-order valence-corrected chi connectivity index (χ2v) is 8.44. The van der Waals surface area contributed by atoms with Gasteiger partial charge in [-0.3, -0.25) is 0 Å². The molecule has 2 heterocycles. The number of para-hydroxylation sites is 1. The molecule has 1 unspecified atom stereocenters. The van der Waals surface area contributed by atoms with E-state index in [1.54, 1.807) is 18.4 Å². The molecule has 1 aliphatic rings. The molecule has 1 saturated heterocycles. The number of nitrogens with zero attached hydrogens (tertiary/aromatic N) is 2. The Morgan fingerprint density at radius 2 is 1.93 bits per heavy atom. The van der Waals surface area contributed by atoms with E-state index in [0.29, 0.717) is 12.6 Å². The Morgan fingerprint density at radius 1 is 1.18 bits per heavy atom. The van der Waals surface area contributed by atoms with Gasteiger partial charge in [-0.1, -0.05) is 24.3 Å². The summed E-state index contributed by atoms with van der Waals surface area (Å²) in [7, 11) is 1.65. The number of likely N-dealkylation sites (tertiary alicyclic amines) is 1. The molecule has 0 aliphatic carbocycles. The highest BCUT2D eigenvalue weighted by molar-refractivity contribution is 7.18.